The van der Waals surface area contributed by atoms with Crippen LogP contribution in [0.1, 0.15) is 23.7 Å². The van der Waals surface area contributed by atoms with Crippen LogP contribution >= 0.6 is 11.6 Å². The summed E-state index contributed by atoms with van der Waals surface area (Å²) in [5.74, 6) is -0.343. The molecular formula is C12H14ClN3O4. The van der Waals surface area contributed by atoms with Gasteiger partial charge in [0.05, 0.1) is 17.6 Å². The average molecular weight is 300 g/mol. The second kappa shape index (κ2) is 5.72. The predicted molar refractivity (Wildman–Crippen MR) is 71.6 cm³/mol. The van der Waals surface area contributed by atoms with Crippen molar-refractivity contribution in [2.45, 2.75) is 19.4 Å². The average Bonchev–Trinajstić information content (AvgIpc) is 2.78. The molecule has 20 heavy (non-hydrogen) atoms. The van der Waals surface area contributed by atoms with Crippen LogP contribution in [0.5, 0.6) is 0 Å². The summed E-state index contributed by atoms with van der Waals surface area (Å²) in [5, 5.41) is 20.1. The Morgan fingerprint density at radius 2 is 2.40 bits per heavy atom. The molecule has 2 heterocycles. The van der Waals surface area contributed by atoms with Crippen LogP contribution in [0.3, 0.4) is 0 Å². The Kier molecular flexibility index (Phi) is 4.20. The quantitative estimate of drug-likeness (QED) is 0.518. The number of halogens is 1. The summed E-state index contributed by atoms with van der Waals surface area (Å²) < 4.78 is 0. The van der Waals surface area contributed by atoms with Gasteiger partial charge in [-0.1, -0.05) is 18.5 Å². The highest BCUT2D eigenvalue weighted by Crippen LogP contribution is 2.31. The number of amides is 1. The lowest BCUT2D eigenvalue weighted by Gasteiger charge is -2.25. The molecule has 7 nitrogen and oxygen atoms in total. The predicted octanol–water partition coefficient (Wildman–Crippen LogP) is 1.49. The topological polar surface area (TPSA) is 96.6 Å². The van der Waals surface area contributed by atoms with E-state index in [1.165, 1.54) is 17.2 Å². The molecule has 1 aliphatic rings. The number of pyridine rings is 1. The molecule has 108 valence electrons. The van der Waals surface area contributed by atoms with E-state index >= 15 is 0 Å². The van der Waals surface area contributed by atoms with Crippen LogP contribution in [-0.2, 0) is 0 Å². The molecular weight excluding hydrogens is 286 g/mol. The van der Waals surface area contributed by atoms with Crippen molar-refractivity contribution in [3.8, 4) is 0 Å². The van der Waals surface area contributed by atoms with Crippen molar-refractivity contribution >= 4 is 23.2 Å². The molecule has 0 aliphatic carbocycles. The number of nitrogens with zero attached hydrogens (tertiary/aromatic N) is 3. The normalized spacial score (nSPS) is 22.1. The fraction of sp³-hybridized carbons (Fsp3) is 0.500. The van der Waals surface area contributed by atoms with Gasteiger partial charge in [-0.05, 0) is 18.4 Å². The fourth-order valence-corrected chi connectivity index (χ4v) is 2.70. The van der Waals surface area contributed by atoms with Crippen LogP contribution in [0.25, 0.3) is 0 Å². The number of hydrogen-bond acceptors (Lipinski definition) is 5. The highest BCUT2D eigenvalue weighted by atomic mass is 35.5. The van der Waals surface area contributed by atoms with Crippen LogP contribution in [0, 0.1) is 16.0 Å². The van der Waals surface area contributed by atoms with Crippen molar-refractivity contribution in [2.75, 3.05) is 13.2 Å². The summed E-state index contributed by atoms with van der Waals surface area (Å²) >= 11 is 5.70. The van der Waals surface area contributed by atoms with Crippen molar-refractivity contribution in [3.05, 3.63) is 33.1 Å². The first kappa shape index (κ1) is 14.7. The monoisotopic (exact) mass is 299 g/mol. The highest BCUT2D eigenvalue weighted by Gasteiger charge is 2.37. The maximum Gasteiger partial charge on any atom is 0.319 e. The second-order valence-corrected chi connectivity index (χ2v) is 5.13. The van der Waals surface area contributed by atoms with E-state index < -0.39 is 16.5 Å². The number of likely N-dealkylation sites (tertiary alicyclic amines) is 1. The van der Waals surface area contributed by atoms with Crippen LogP contribution in [0.15, 0.2) is 12.3 Å². The number of aliphatic hydroxyl groups excluding tert-OH is 1. The minimum absolute atomic E-state index is 0.0949. The minimum Gasteiger partial charge on any atom is -0.394 e. The molecule has 1 saturated heterocycles. The van der Waals surface area contributed by atoms with Gasteiger partial charge in [0.2, 0.25) is 5.15 Å². The van der Waals surface area contributed by atoms with E-state index in [1.54, 1.807) is 0 Å². The summed E-state index contributed by atoms with van der Waals surface area (Å²) in [7, 11) is 0. The number of nitro groups is 1. The Bertz CT molecular complexity index is 552. The molecule has 1 amide bonds. The number of carbonyl (C=O) groups excluding carboxylic acids is 1. The smallest absolute Gasteiger partial charge is 0.319 e. The lowest BCUT2D eigenvalue weighted by Crippen LogP contribution is -2.40. The molecule has 0 spiro atoms. The third-order valence-corrected chi connectivity index (χ3v) is 3.90. The zero-order chi connectivity index (χ0) is 14.9. The van der Waals surface area contributed by atoms with Gasteiger partial charge in [0, 0.05) is 12.7 Å². The van der Waals surface area contributed by atoms with Gasteiger partial charge >= 0.3 is 5.69 Å². The van der Waals surface area contributed by atoms with E-state index in [-0.39, 0.29) is 29.3 Å². The van der Waals surface area contributed by atoms with Crippen LogP contribution in [-0.4, -0.2) is 45.0 Å². The summed E-state index contributed by atoms with van der Waals surface area (Å²) in [6.45, 7) is 2.23. The first-order valence-electron chi connectivity index (χ1n) is 6.18. The summed E-state index contributed by atoms with van der Waals surface area (Å²) in [4.78, 5) is 27.9. The number of carbonyl (C=O) groups is 1. The molecule has 2 atom stereocenters. The third-order valence-electron chi connectivity index (χ3n) is 3.62. The minimum atomic E-state index is -0.712. The summed E-state index contributed by atoms with van der Waals surface area (Å²) in [6.07, 6.45) is 2.01. The van der Waals surface area contributed by atoms with E-state index in [0.29, 0.717) is 6.54 Å². The first-order chi connectivity index (χ1) is 9.47. The van der Waals surface area contributed by atoms with Gasteiger partial charge < -0.3 is 10.0 Å². The Morgan fingerprint density at radius 1 is 1.70 bits per heavy atom. The lowest BCUT2D eigenvalue weighted by atomic mass is 10.0. The molecule has 0 aromatic carbocycles. The van der Waals surface area contributed by atoms with Crippen molar-refractivity contribution in [3.63, 3.8) is 0 Å². The van der Waals surface area contributed by atoms with Gasteiger partial charge in [-0.25, -0.2) is 4.98 Å². The molecule has 0 saturated carbocycles. The molecule has 1 aliphatic heterocycles. The molecule has 0 radical (unpaired) electrons. The van der Waals surface area contributed by atoms with Gasteiger partial charge in [0.15, 0.2) is 0 Å². The Balaban J connectivity index is 2.40. The number of aromatic nitrogens is 1. The highest BCUT2D eigenvalue weighted by molar-refractivity contribution is 6.32. The Labute approximate surface area is 120 Å². The van der Waals surface area contributed by atoms with Crippen LogP contribution in [0.4, 0.5) is 5.69 Å². The summed E-state index contributed by atoms with van der Waals surface area (Å²) in [5.41, 5.74) is -0.585. The van der Waals surface area contributed by atoms with Crippen LogP contribution in [0.2, 0.25) is 5.15 Å². The first-order valence-corrected chi connectivity index (χ1v) is 6.56. The van der Waals surface area contributed by atoms with E-state index in [9.17, 15) is 20.0 Å². The molecule has 1 aromatic heterocycles. The van der Waals surface area contributed by atoms with Crippen molar-refractivity contribution in [2.24, 2.45) is 5.92 Å². The van der Waals surface area contributed by atoms with Gasteiger partial charge in [0.25, 0.3) is 5.91 Å². The van der Waals surface area contributed by atoms with E-state index in [0.717, 1.165) is 6.42 Å². The maximum absolute atomic E-state index is 12.5. The zero-order valence-electron chi connectivity index (χ0n) is 10.8. The number of aliphatic hydroxyl groups is 1. The van der Waals surface area contributed by atoms with Crippen LogP contribution < -0.4 is 0 Å². The number of rotatable bonds is 3. The molecule has 1 N–H and O–H groups in total. The SMILES string of the molecule is CC1CCN(C(=O)c2ccnc(Cl)c2[N+](=O)[O-])C1CO. The molecule has 1 fully saturated rings. The lowest BCUT2D eigenvalue weighted by molar-refractivity contribution is -0.385. The van der Waals surface area contributed by atoms with Gasteiger partial charge in [-0.3, -0.25) is 14.9 Å². The molecule has 8 heteroatoms. The molecule has 1 aromatic rings. The van der Waals surface area contributed by atoms with Crippen molar-refractivity contribution in [1.29, 1.82) is 0 Å². The second-order valence-electron chi connectivity index (χ2n) is 4.77. The van der Waals surface area contributed by atoms with E-state index in [2.05, 4.69) is 4.98 Å². The van der Waals surface area contributed by atoms with Gasteiger partial charge in [0.1, 0.15) is 5.56 Å². The standard InChI is InChI=1S/C12H14ClN3O4/c1-7-3-5-15(9(7)6-17)12(18)8-2-4-14-11(13)10(8)16(19)20/h2,4,7,9,17H,3,5-6H2,1H3. The molecule has 2 rings (SSSR count). The molecule has 0 bridgehead atoms. The zero-order valence-corrected chi connectivity index (χ0v) is 11.6. The van der Waals surface area contributed by atoms with Crippen molar-refractivity contribution in [1.82, 2.24) is 9.88 Å². The van der Waals surface area contributed by atoms with E-state index in [4.69, 9.17) is 11.6 Å². The Morgan fingerprint density at radius 3 is 3.00 bits per heavy atom. The third kappa shape index (κ3) is 2.46. The summed E-state index contributed by atoms with van der Waals surface area (Å²) in [6, 6.07) is 0.957. The Hall–Kier alpha value is -1.73. The van der Waals surface area contributed by atoms with Gasteiger partial charge in [-0.2, -0.15) is 0 Å². The van der Waals surface area contributed by atoms with E-state index in [1.807, 2.05) is 6.92 Å². The fourth-order valence-electron chi connectivity index (χ4n) is 2.47. The number of hydrogen-bond donors (Lipinski definition) is 1. The van der Waals surface area contributed by atoms with Gasteiger partial charge in [-0.15, -0.1) is 0 Å². The maximum atomic E-state index is 12.5. The van der Waals surface area contributed by atoms with Crippen molar-refractivity contribution < 1.29 is 14.8 Å². The largest absolute Gasteiger partial charge is 0.394 e. The molecule has 2 unspecified atom stereocenters.